The molecule has 0 aliphatic heterocycles. The van der Waals surface area contributed by atoms with Crippen molar-refractivity contribution in [3.05, 3.63) is 53.6 Å². The number of nitrogens with one attached hydrogen (secondary N) is 1. The van der Waals surface area contributed by atoms with Crippen LogP contribution in [0.3, 0.4) is 0 Å². The van der Waals surface area contributed by atoms with Gasteiger partial charge in [0.15, 0.2) is 6.10 Å². The van der Waals surface area contributed by atoms with Crippen molar-refractivity contribution in [2.45, 2.75) is 52.1 Å². The molecule has 2 aromatic rings. The summed E-state index contributed by atoms with van der Waals surface area (Å²) in [6.45, 7) is 4.53. The second-order valence-corrected chi connectivity index (χ2v) is 6.60. The van der Waals surface area contributed by atoms with Crippen LogP contribution in [0.4, 0.5) is 5.69 Å². The number of benzene rings is 2. The number of carbonyl (C=O) groups excluding carboxylic acids is 1. The lowest BCUT2D eigenvalue weighted by Gasteiger charge is -2.20. The molecule has 4 heteroatoms. The van der Waals surface area contributed by atoms with Crippen LogP contribution in [-0.4, -0.2) is 18.6 Å². The van der Waals surface area contributed by atoms with Crippen molar-refractivity contribution in [1.29, 1.82) is 0 Å². The fourth-order valence-corrected chi connectivity index (χ4v) is 3.29. The summed E-state index contributed by atoms with van der Waals surface area (Å²) in [7, 11) is 0. The van der Waals surface area contributed by atoms with E-state index in [9.17, 15) is 4.79 Å². The molecule has 2 aromatic carbocycles. The summed E-state index contributed by atoms with van der Waals surface area (Å²) in [6.07, 6.45) is 4.83. The number of rotatable bonds is 7. The van der Waals surface area contributed by atoms with E-state index >= 15 is 0 Å². The predicted octanol–water partition coefficient (Wildman–Crippen LogP) is 4.76. The highest BCUT2D eigenvalue weighted by molar-refractivity contribution is 5.94. The first-order chi connectivity index (χ1) is 12.7. The molecule has 1 aliphatic rings. The van der Waals surface area contributed by atoms with Crippen LogP contribution >= 0.6 is 0 Å². The van der Waals surface area contributed by atoms with E-state index in [1.807, 2.05) is 44.2 Å². The van der Waals surface area contributed by atoms with E-state index in [2.05, 4.69) is 17.4 Å². The zero-order chi connectivity index (χ0) is 18.4. The van der Waals surface area contributed by atoms with E-state index in [1.165, 1.54) is 24.0 Å². The van der Waals surface area contributed by atoms with Gasteiger partial charge < -0.3 is 14.8 Å². The smallest absolute Gasteiger partial charge is 0.265 e. The van der Waals surface area contributed by atoms with Crippen LogP contribution < -0.4 is 14.8 Å². The van der Waals surface area contributed by atoms with Gasteiger partial charge in [0, 0.05) is 5.69 Å². The summed E-state index contributed by atoms with van der Waals surface area (Å²) in [5.41, 5.74) is 3.51. The minimum atomic E-state index is -0.511. The fraction of sp³-hybridized carbons (Fsp3) is 0.409. The van der Waals surface area contributed by atoms with E-state index in [1.54, 1.807) is 0 Å². The van der Waals surface area contributed by atoms with Gasteiger partial charge in [0.2, 0.25) is 0 Å². The van der Waals surface area contributed by atoms with Crippen molar-refractivity contribution in [2.24, 2.45) is 0 Å². The number of ether oxygens (including phenoxy) is 2. The Morgan fingerprint density at radius 1 is 1.00 bits per heavy atom. The van der Waals surface area contributed by atoms with Crippen molar-refractivity contribution in [3.63, 3.8) is 0 Å². The van der Waals surface area contributed by atoms with Crippen LogP contribution in [0.2, 0.25) is 0 Å². The molecular weight excluding hydrogens is 326 g/mol. The van der Waals surface area contributed by atoms with E-state index in [-0.39, 0.29) is 5.91 Å². The molecule has 0 radical (unpaired) electrons. The first-order valence-electron chi connectivity index (χ1n) is 9.51. The molecule has 0 saturated heterocycles. The van der Waals surface area contributed by atoms with Crippen molar-refractivity contribution >= 4 is 11.6 Å². The van der Waals surface area contributed by atoms with Gasteiger partial charge in [-0.1, -0.05) is 13.0 Å². The molecule has 138 valence electrons. The van der Waals surface area contributed by atoms with Gasteiger partial charge in [-0.15, -0.1) is 0 Å². The van der Waals surface area contributed by atoms with Gasteiger partial charge in [-0.3, -0.25) is 4.79 Å². The topological polar surface area (TPSA) is 47.6 Å². The maximum atomic E-state index is 12.6. The predicted molar refractivity (Wildman–Crippen MR) is 104 cm³/mol. The van der Waals surface area contributed by atoms with Crippen LogP contribution in [0, 0.1) is 0 Å². The Kier molecular flexibility index (Phi) is 6.16. The molecule has 4 nitrogen and oxygen atoms in total. The third kappa shape index (κ3) is 4.57. The number of hydrogen-bond acceptors (Lipinski definition) is 3. The molecule has 1 aliphatic carbocycles. The molecule has 0 saturated carbocycles. The number of carbonyl (C=O) groups is 1. The standard InChI is InChI=1S/C22H27NO3/c1-3-21(22(24)23-18-10-13-19(14-11-18)25-4-2)26-20-12-9-16-7-5-6-8-17(16)15-20/h9-15,21H,3-8H2,1-2H3,(H,23,24). The average molecular weight is 353 g/mol. The molecule has 0 fully saturated rings. The number of hydrogen-bond donors (Lipinski definition) is 1. The van der Waals surface area contributed by atoms with Crippen LogP contribution in [0.1, 0.15) is 44.2 Å². The summed E-state index contributed by atoms with van der Waals surface area (Å²) in [4.78, 5) is 12.6. The second kappa shape index (κ2) is 8.75. The fourth-order valence-electron chi connectivity index (χ4n) is 3.29. The normalized spacial score (nSPS) is 14.2. The first-order valence-corrected chi connectivity index (χ1v) is 9.51. The molecular formula is C22H27NO3. The lowest BCUT2D eigenvalue weighted by molar-refractivity contribution is -0.122. The second-order valence-electron chi connectivity index (χ2n) is 6.60. The summed E-state index contributed by atoms with van der Waals surface area (Å²) in [6, 6.07) is 13.6. The number of aryl methyl sites for hydroxylation is 2. The Bertz CT molecular complexity index is 740. The Balaban J connectivity index is 1.63. The van der Waals surface area contributed by atoms with Crippen molar-refractivity contribution in [2.75, 3.05) is 11.9 Å². The highest BCUT2D eigenvalue weighted by Crippen LogP contribution is 2.26. The quantitative estimate of drug-likeness (QED) is 0.781. The van der Waals surface area contributed by atoms with Crippen LogP contribution in [-0.2, 0) is 17.6 Å². The average Bonchev–Trinajstić information content (AvgIpc) is 2.67. The number of amides is 1. The van der Waals surface area contributed by atoms with E-state index in [0.717, 1.165) is 30.0 Å². The summed E-state index contributed by atoms with van der Waals surface area (Å²) in [5, 5.41) is 2.93. The van der Waals surface area contributed by atoms with E-state index in [4.69, 9.17) is 9.47 Å². The third-order valence-electron chi connectivity index (χ3n) is 4.69. The maximum absolute atomic E-state index is 12.6. The number of fused-ring (bicyclic) bond motifs is 1. The Hall–Kier alpha value is -2.49. The minimum absolute atomic E-state index is 0.130. The van der Waals surface area contributed by atoms with Gasteiger partial charge in [0.05, 0.1) is 6.61 Å². The summed E-state index contributed by atoms with van der Waals surface area (Å²) >= 11 is 0. The highest BCUT2D eigenvalue weighted by atomic mass is 16.5. The SMILES string of the molecule is CCOc1ccc(NC(=O)C(CC)Oc2ccc3c(c2)CCCC3)cc1. The summed E-state index contributed by atoms with van der Waals surface area (Å²) < 4.78 is 11.4. The van der Waals surface area contributed by atoms with E-state index < -0.39 is 6.10 Å². The molecule has 0 bridgehead atoms. The van der Waals surface area contributed by atoms with Crippen molar-refractivity contribution < 1.29 is 14.3 Å². The van der Waals surface area contributed by atoms with Crippen LogP contribution in [0.25, 0.3) is 0 Å². The molecule has 1 amide bonds. The van der Waals surface area contributed by atoms with Crippen molar-refractivity contribution in [3.8, 4) is 11.5 Å². The van der Waals surface area contributed by atoms with Crippen LogP contribution in [0.5, 0.6) is 11.5 Å². The van der Waals surface area contributed by atoms with Gasteiger partial charge in [-0.05, 0) is 86.6 Å². The molecule has 26 heavy (non-hydrogen) atoms. The number of anilines is 1. The van der Waals surface area contributed by atoms with Gasteiger partial charge >= 0.3 is 0 Å². The zero-order valence-electron chi connectivity index (χ0n) is 15.6. The molecule has 0 spiro atoms. The lowest BCUT2D eigenvalue weighted by atomic mass is 9.92. The molecule has 3 rings (SSSR count). The van der Waals surface area contributed by atoms with Crippen molar-refractivity contribution in [1.82, 2.24) is 0 Å². The first kappa shape index (κ1) is 18.3. The lowest BCUT2D eigenvalue weighted by Crippen LogP contribution is -2.32. The zero-order valence-corrected chi connectivity index (χ0v) is 15.6. The van der Waals surface area contributed by atoms with Gasteiger partial charge in [0.25, 0.3) is 5.91 Å². The molecule has 0 heterocycles. The largest absolute Gasteiger partial charge is 0.494 e. The minimum Gasteiger partial charge on any atom is -0.494 e. The Labute approximate surface area is 155 Å². The molecule has 1 atom stereocenters. The van der Waals surface area contributed by atoms with Gasteiger partial charge in [-0.25, -0.2) is 0 Å². The third-order valence-corrected chi connectivity index (χ3v) is 4.69. The molecule has 1 N–H and O–H groups in total. The van der Waals surface area contributed by atoms with Crippen LogP contribution in [0.15, 0.2) is 42.5 Å². The van der Waals surface area contributed by atoms with Gasteiger partial charge in [0.1, 0.15) is 11.5 Å². The Morgan fingerprint density at radius 3 is 2.38 bits per heavy atom. The van der Waals surface area contributed by atoms with E-state index in [0.29, 0.717) is 13.0 Å². The molecule has 1 unspecified atom stereocenters. The monoisotopic (exact) mass is 353 g/mol. The highest BCUT2D eigenvalue weighted by Gasteiger charge is 2.19. The van der Waals surface area contributed by atoms with Gasteiger partial charge in [-0.2, -0.15) is 0 Å². The Morgan fingerprint density at radius 2 is 1.69 bits per heavy atom. The maximum Gasteiger partial charge on any atom is 0.265 e. The summed E-state index contributed by atoms with van der Waals surface area (Å²) in [5.74, 6) is 1.44. The molecule has 0 aromatic heterocycles.